The summed E-state index contributed by atoms with van der Waals surface area (Å²) >= 11 is 6.18. The van der Waals surface area contributed by atoms with Gasteiger partial charge in [0.2, 0.25) is 0 Å². The maximum atomic E-state index is 12.9. The second-order valence-corrected chi connectivity index (χ2v) is 5.71. The van der Waals surface area contributed by atoms with E-state index in [-0.39, 0.29) is 24.2 Å². The van der Waals surface area contributed by atoms with Gasteiger partial charge in [-0.1, -0.05) is 29.8 Å². The number of benzene rings is 1. The van der Waals surface area contributed by atoms with Crippen LogP contribution in [0.3, 0.4) is 0 Å². The Labute approximate surface area is 148 Å². The van der Waals surface area contributed by atoms with Crippen molar-refractivity contribution < 1.29 is 14.6 Å². The number of esters is 1. The summed E-state index contributed by atoms with van der Waals surface area (Å²) in [7, 11) is 0. The van der Waals surface area contributed by atoms with Crippen LogP contribution < -0.4 is 5.56 Å². The fourth-order valence-corrected chi connectivity index (χ4v) is 2.79. The van der Waals surface area contributed by atoms with Crippen LogP contribution in [0.15, 0.2) is 47.4 Å². The van der Waals surface area contributed by atoms with E-state index >= 15 is 0 Å². The number of rotatable bonds is 4. The summed E-state index contributed by atoms with van der Waals surface area (Å²) in [5.74, 6) is -1.30. The molecule has 0 saturated carbocycles. The van der Waals surface area contributed by atoms with Gasteiger partial charge in [-0.05, 0) is 30.7 Å². The van der Waals surface area contributed by atoms with E-state index in [9.17, 15) is 14.7 Å². The molecule has 0 spiro atoms. The molecular formula is C18H15ClN2O4. The number of ether oxygens (including phenoxy) is 1. The molecule has 0 aliphatic rings. The fraction of sp³-hybridized carbons (Fsp3) is 0.167. The largest absolute Gasteiger partial charge is 0.506 e. The average molecular weight is 359 g/mol. The highest BCUT2D eigenvalue weighted by molar-refractivity contribution is 6.31. The predicted molar refractivity (Wildman–Crippen MR) is 94.2 cm³/mol. The Bertz CT molecular complexity index is 1010. The van der Waals surface area contributed by atoms with Crippen molar-refractivity contribution in [3.8, 4) is 5.75 Å². The number of aromatic nitrogens is 2. The Morgan fingerprint density at radius 3 is 2.76 bits per heavy atom. The third-order valence-corrected chi connectivity index (χ3v) is 4.13. The molecule has 0 amide bonds. The minimum absolute atomic E-state index is 0.0906. The highest BCUT2D eigenvalue weighted by atomic mass is 35.5. The van der Waals surface area contributed by atoms with Crippen LogP contribution in [-0.2, 0) is 11.3 Å². The zero-order valence-electron chi connectivity index (χ0n) is 13.4. The van der Waals surface area contributed by atoms with E-state index < -0.39 is 22.8 Å². The quantitative estimate of drug-likeness (QED) is 0.725. The van der Waals surface area contributed by atoms with Gasteiger partial charge in [-0.15, -0.1) is 0 Å². The molecule has 0 fully saturated rings. The average Bonchev–Trinajstić information content (AvgIpc) is 2.60. The number of carbonyl (C=O) groups is 1. The Balaban J connectivity index is 2.28. The molecule has 1 aromatic carbocycles. The third-order valence-electron chi connectivity index (χ3n) is 3.76. The number of nitrogens with zero attached hydrogens (tertiary/aromatic N) is 2. The first-order chi connectivity index (χ1) is 12.0. The van der Waals surface area contributed by atoms with E-state index in [1.165, 1.54) is 10.8 Å². The van der Waals surface area contributed by atoms with Gasteiger partial charge in [-0.3, -0.25) is 9.36 Å². The molecule has 2 aromatic heterocycles. The van der Waals surface area contributed by atoms with E-state index in [2.05, 4.69) is 4.98 Å². The molecular weight excluding hydrogens is 344 g/mol. The maximum Gasteiger partial charge on any atom is 0.347 e. The molecule has 0 radical (unpaired) electrons. The third kappa shape index (κ3) is 3.08. The minimum atomic E-state index is -0.872. The summed E-state index contributed by atoms with van der Waals surface area (Å²) in [6.07, 6.45) is 1.51. The number of pyridine rings is 2. The first-order valence-corrected chi connectivity index (χ1v) is 8.03. The lowest BCUT2D eigenvalue weighted by molar-refractivity contribution is 0.0520. The van der Waals surface area contributed by atoms with E-state index in [4.69, 9.17) is 16.3 Å². The van der Waals surface area contributed by atoms with Crippen molar-refractivity contribution in [3.05, 3.63) is 69.1 Å². The molecule has 3 rings (SSSR count). The Kier molecular flexibility index (Phi) is 4.72. The molecule has 0 atom stereocenters. The van der Waals surface area contributed by atoms with Gasteiger partial charge in [0.1, 0.15) is 11.4 Å². The molecule has 25 heavy (non-hydrogen) atoms. The van der Waals surface area contributed by atoms with Crippen LogP contribution >= 0.6 is 11.6 Å². The van der Waals surface area contributed by atoms with Crippen LogP contribution in [0.25, 0.3) is 11.0 Å². The molecule has 7 heteroatoms. The van der Waals surface area contributed by atoms with E-state index in [1.54, 1.807) is 43.3 Å². The first kappa shape index (κ1) is 17.0. The lowest BCUT2D eigenvalue weighted by Gasteiger charge is -2.14. The molecule has 1 N–H and O–H groups in total. The van der Waals surface area contributed by atoms with Crippen LogP contribution in [0.2, 0.25) is 5.02 Å². The minimum Gasteiger partial charge on any atom is -0.506 e. The number of fused-ring (bicyclic) bond motifs is 1. The molecule has 0 bridgehead atoms. The van der Waals surface area contributed by atoms with E-state index in [0.29, 0.717) is 10.6 Å². The van der Waals surface area contributed by atoms with Crippen LogP contribution in [0, 0.1) is 0 Å². The summed E-state index contributed by atoms with van der Waals surface area (Å²) in [4.78, 5) is 29.2. The second kappa shape index (κ2) is 6.94. The van der Waals surface area contributed by atoms with Gasteiger partial charge >= 0.3 is 5.97 Å². The van der Waals surface area contributed by atoms with Gasteiger partial charge in [0.25, 0.3) is 5.56 Å². The summed E-state index contributed by atoms with van der Waals surface area (Å²) in [5.41, 5.74) is -0.131. The number of aromatic hydroxyl groups is 1. The highest BCUT2D eigenvalue weighted by Gasteiger charge is 2.24. The standard InChI is InChI=1S/C18H15ClN2O4/c1-2-25-18(24)14-15(22)12-7-5-9-20-16(12)21(17(14)23)10-11-6-3-4-8-13(11)19/h3-9,22H,2,10H2,1H3. The van der Waals surface area contributed by atoms with Crippen molar-refractivity contribution in [1.29, 1.82) is 0 Å². The Morgan fingerprint density at radius 1 is 1.28 bits per heavy atom. The summed E-state index contributed by atoms with van der Waals surface area (Å²) in [5, 5.41) is 11.2. The topological polar surface area (TPSA) is 81.4 Å². The molecule has 6 nitrogen and oxygen atoms in total. The molecule has 128 valence electrons. The van der Waals surface area contributed by atoms with Gasteiger partial charge in [0.15, 0.2) is 5.56 Å². The molecule has 3 aromatic rings. The monoisotopic (exact) mass is 358 g/mol. The molecule has 0 saturated heterocycles. The molecule has 0 aliphatic carbocycles. The number of hydrogen-bond donors (Lipinski definition) is 1. The summed E-state index contributed by atoms with van der Waals surface area (Å²) < 4.78 is 6.22. The van der Waals surface area contributed by atoms with Crippen molar-refractivity contribution in [1.82, 2.24) is 9.55 Å². The van der Waals surface area contributed by atoms with Gasteiger partial charge in [-0.2, -0.15) is 0 Å². The summed E-state index contributed by atoms with van der Waals surface area (Å²) in [6, 6.07) is 10.3. The van der Waals surface area contributed by atoms with Crippen molar-refractivity contribution in [2.24, 2.45) is 0 Å². The lowest BCUT2D eigenvalue weighted by atomic mass is 10.1. The number of carbonyl (C=O) groups excluding carboxylic acids is 1. The van der Waals surface area contributed by atoms with Gasteiger partial charge < -0.3 is 9.84 Å². The van der Waals surface area contributed by atoms with Gasteiger partial charge in [0, 0.05) is 11.2 Å². The van der Waals surface area contributed by atoms with Crippen LogP contribution in [-0.4, -0.2) is 27.2 Å². The van der Waals surface area contributed by atoms with Crippen LogP contribution in [0.4, 0.5) is 0 Å². The van der Waals surface area contributed by atoms with Crippen LogP contribution in [0.5, 0.6) is 5.75 Å². The lowest BCUT2D eigenvalue weighted by Crippen LogP contribution is -2.29. The SMILES string of the molecule is CCOC(=O)c1c(O)c2cccnc2n(Cc2ccccc2Cl)c1=O. The molecule has 2 heterocycles. The second-order valence-electron chi connectivity index (χ2n) is 5.30. The number of halogens is 1. The number of hydrogen-bond acceptors (Lipinski definition) is 5. The van der Waals surface area contributed by atoms with E-state index in [1.807, 2.05) is 0 Å². The highest BCUT2D eigenvalue weighted by Crippen LogP contribution is 2.26. The normalized spacial score (nSPS) is 10.8. The zero-order valence-corrected chi connectivity index (χ0v) is 14.2. The smallest absolute Gasteiger partial charge is 0.347 e. The van der Waals surface area contributed by atoms with Crippen LogP contribution in [0.1, 0.15) is 22.8 Å². The van der Waals surface area contributed by atoms with E-state index in [0.717, 1.165) is 0 Å². The van der Waals surface area contributed by atoms with Crippen molar-refractivity contribution >= 4 is 28.6 Å². The Hall–Kier alpha value is -2.86. The first-order valence-electron chi connectivity index (χ1n) is 7.65. The summed E-state index contributed by atoms with van der Waals surface area (Å²) in [6.45, 7) is 1.83. The zero-order chi connectivity index (χ0) is 18.0. The van der Waals surface area contributed by atoms with Gasteiger partial charge in [0.05, 0.1) is 18.5 Å². The fourth-order valence-electron chi connectivity index (χ4n) is 2.59. The molecule has 0 unspecified atom stereocenters. The maximum absolute atomic E-state index is 12.9. The van der Waals surface area contributed by atoms with Crippen molar-refractivity contribution in [3.63, 3.8) is 0 Å². The Morgan fingerprint density at radius 2 is 2.04 bits per heavy atom. The van der Waals surface area contributed by atoms with Gasteiger partial charge in [-0.25, -0.2) is 9.78 Å². The van der Waals surface area contributed by atoms with Crippen molar-refractivity contribution in [2.45, 2.75) is 13.5 Å². The molecule has 0 aliphatic heterocycles. The predicted octanol–water partition coefficient (Wildman–Crippen LogP) is 2.98. The van der Waals surface area contributed by atoms with Crippen molar-refractivity contribution in [2.75, 3.05) is 6.61 Å².